The Morgan fingerprint density at radius 1 is 0.737 bits per heavy atom. The van der Waals surface area contributed by atoms with E-state index in [1.807, 2.05) is 0 Å². The highest BCUT2D eigenvalue weighted by atomic mass is 15.5. The lowest BCUT2D eigenvalue weighted by atomic mass is 9.86. The van der Waals surface area contributed by atoms with Crippen LogP contribution in [-0.4, -0.2) is 16.4 Å². The maximum atomic E-state index is 4.10. The largest absolute Gasteiger partial charge is 0.344 e. The van der Waals surface area contributed by atoms with Crippen molar-refractivity contribution < 1.29 is 0 Å². The molecule has 38 heavy (non-hydrogen) atoms. The van der Waals surface area contributed by atoms with Crippen LogP contribution in [0.25, 0.3) is 21.8 Å². The highest BCUT2D eigenvalue weighted by Gasteiger charge is 2.36. The Balaban J connectivity index is 1.96. The Labute approximate surface area is 231 Å². The van der Waals surface area contributed by atoms with Gasteiger partial charge in [-0.3, -0.25) is 4.68 Å². The van der Waals surface area contributed by atoms with Gasteiger partial charge < -0.3 is 10.3 Å². The summed E-state index contributed by atoms with van der Waals surface area (Å²) in [6.07, 6.45) is 5.89. The normalized spacial score (nSPS) is 13.1. The number of unbranched alkanes of at least 4 members (excludes halogenated alkanes) is 1. The molecule has 1 aromatic heterocycles. The Morgan fingerprint density at radius 3 is 1.74 bits per heavy atom. The Morgan fingerprint density at radius 2 is 1.26 bits per heavy atom. The molecule has 1 heterocycles. The van der Waals surface area contributed by atoms with Crippen molar-refractivity contribution >= 4 is 27.5 Å². The standard InChI is InChI=1S/C35H49N3/c1-9-11-24-35(7,8)37(34-27(25(3)4)20-16-21-28(34)26(5)6)33(17-10-2)36-38-31-22-14-12-18-29(31)30-19-13-15-23-32(30)38/h12-16,18-23,25-26,33,36H,9-11,17,24H2,1-8H3. The summed E-state index contributed by atoms with van der Waals surface area (Å²) < 4.78 is 2.36. The molecule has 0 fully saturated rings. The monoisotopic (exact) mass is 511 g/mol. The van der Waals surface area contributed by atoms with E-state index >= 15 is 0 Å². The first-order valence-corrected chi connectivity index (χ1v) is 14.9. The fraction of sp³-hybridized carbons (Fsp3) is 0.486. The molecule has 0 saturated carbocycles. The zero-order chi connectivity index (χ0) is 27.4. The number of benzene rings is 3. The third-order valence-electron chi connectivity index (χ3n) is 8.11. The van der Waals surface area contributed by atoms with Crippen LogP contribution in [0.2, 0.25) is 0 Å². The van der Waals surface area contributed by atoms with E-state index < -0.39 is 0 Å². The van der Waals surface area contributed by atoms with E-state index in [0.717, 1.165) is 19.3 Å². The summed E-state index contributed by atoms with van der Waals surface area (Å²) in [5.74, 6) is 0.896. The second-order valence-electron chi connectivity index (χ2n) is 12.2. The Hall–Kier alpha value is -2.94. The fourth-order valence-corrected chi connectivity index (χ4v) is 6.14. The van der Waals surface area contributed by atoms with E-state index in [4.69, 9.17) is 0 Å². The van der Waals surface area contributed by atoms with Crippen LogP contribution in [0, 0.1) is 0 Å². The molecule has 0 bridgehead atoms. The molecule has 0 spiro atoms. The minimum atomic E-state index is -0.0176. The first kappa shape index (κ1) is 28.1. The molecule has 0 saturated heterocycles. The van der Waals surface area contributed by atoms with Crippen LogP contribution in [-0.2, 0) is 0 Å². The summed E-state index contributed by atoms with van der Waals surface area (Å²) >= 11 is 0. The summed E-state index contributed by atoms with van der Waals surface area (Å²) in [6, 6.07) is 24.6. The van der Waals surface area contributed by atoms with Crippen molar-refractivity contribution in [3.63, 3.8) is 0 Å². The SMILES string of the molecule is CCCCC(C)(C)N(c1c(C(C)C)cccc1C(C)C)C(CCC)Nn1c2ccccc2c2ccccc21. The predicted molar refractivity (Wildman–Crippen MR) is 168 cm³/mol. The van der Waals surface area contributed by atoms with Gasteiger partial charge in [-0.1, -0.05) is 115 Å². The molecule has 3 nitrogen and oxygen atoms in total. The lowest BCUT2D eigenvalue weighted by Crippen LogP contribution is -2.56. The van der Waals surface area contributed by atoms with Gasteiger partial charge in [0.15, 0.2) is 0 Å². The van der Waals surface area contributed by atoms with E-state index in [2.05, 4.69) is 137 Å². The van der Waals surface area contributed by atoms with Crippen molar-refractivity contribution in [1.29, 1.82) is 0 Å². The van der Waals surface area contributed by atoms with E-state index in [0.29, 0.717) is 11.8 Å². The molecule has 0 radical (unpaired) electrons. The van der Waals surface area contributed by atoms with Gasteiger partial charge in [0, 0.05) is 22.0 Å². The number of anilines is 1. The quantitative estimate of drug-likeness (QED) is 0.191. The molecular formula is C35H49N3. The minimum absolute atomic E-state index is 0.0176. The van der Waals surface area contributed by atoms with Gasteiger partial charge in [-0.25, -0.2) is 0 Å². The lowest BCUT2D eigenvalue weighted by Gasteiger charge is -2.48. The van der Waals surface area contributed by atoms with Crippen LogP contribution in [0.3, 0.4) is 0 Å². The summed E-state index contributed by atoms with van der Waals surface area (Å²) in [5, 5.41) is 2.60. The van der Waals surface area contributed by atoms with Gasteiger partial charge in [0.2, 0.25) is 0 Å². The van der Waals surface area contributed by atoms with Crippen LogP contribution < -0.4 is 10.3 Å². The van der Waals surface area contributed by atoms with Crippen LogP contribution in [0.15, 0.2) is 66.7 Å². The molecule has 3 heteroatoms. The van der Waals surface area contributed by atoms with Gasteiger partial charge in [-0.05, 0) is 61.8 Å². The van der Waals surface area contributed by atoms with Crippen molar-refractivity contribution in [1.82, 2.24) is 4.68 Å². The molecule has 4 rings (SSSR count). The number of rotatable bonds is 12. The maximum absolute atomic E-state index is 4.10. The lowest BCUT2D eigenvalue weighted by molar-refractivity contribution is 0.363. The number of aromatic nitrogens is 1. The average Bonchev–Trinajstić information content (AvgIpc) is 3.21. The molecule has 3 aromatic carbocycles. The molecule has 0 aliphatic heterocycles. The van der Waals surface area contributed by atoms with Gasteiger partial charge in [-0.2, -0.15) is 0 Å². The average molecular weight is 512 g/mol. The Bertz CT molecular complexity index is 1260. The molecule has 1 atom stereocenters. The molecule has 0 aliphatic rings. The third kappa shape index (κ3) is 5.44. The second-order valence-corrected chi connectivity index (χ2v) is 12.2. The zero-order valence-electron chi connectivity index (χ0n) is 25.0. The maximum Gasteiger partial charge on any atom is 0.114 e. The summed E-state index contributed by atoms with van der Waals surface area (Å²) in [7, 11) is 0. The van der Waals surface area contributed by atoms with Crippen LogP contribution in [0.1, 0.15) is 110 Å². The molecule has 0 aliphatic carbocycles. The van der Waals surface area contributed by atoms with E-state index in [9.17, 15) is 0 Å². The van der Waals surface area contributed by atoms with E-state index in [1.54, 1.807) is 0 Å². The first-order valence-electron chi connectivity index (χ1n) is 14.9. The van der Waals surface area contributed by atoms with Crippen LogP contribution in [0.4, 0.5) is 5.69 Å². The van der Waals surface area contributed by atoms with Crippen molar-refractivity contribution in [2.45, 2.75) is 111 Å². The number of fused-ring (bicyclic) bond motifs is 3. The summed E-state index contributed by atoms with van der Waals surface area (Å²) in [5.41, 5.74) is 10.9. The summed E-state index contributed by atoms with van der Waals surface area (Å²) in [4.78, 5) is 2.78. The smallest absolute Gasteiger partial charge is 0.114 e. The van der Waals surface area contributed by atoms with Crippen molar-refractivity contribution in [3.8, 4) is 0 Å². The number of nitrogens with zero attached hydrogens (tertiary/aromatic N) is 2. The molecule has 0 amide bonds. The molecule has 204 valence electrons. The van der Waals surface area contributed by atoms with Gasteiger partial charge in [0.05, 0.1) is 11.0 Å². The number of para-hydroxylation sites is 3. The molecule has 4 aromatic rings. The number of nitrogens with one attached hydrogen (secondary N) is 1. The summed E-state index contributed by atoms with van der Waals surface area (Å²) in [6.45, 7) is 18.9. The first-order chi connectivity index (χ1) is 18.2. The van der Waals surface area contributed by atoms with Gasteiger partial charge in [-0.15, -0.1) is 0 Å². The van der Waals surface area contributed by atoms with Crippen LogP contribution >= 0.6 is 0 Å². The van der Waals surface area contributed by atoms with E-state index in [-0.39, 0.29) is 11.7 Å². The topological polar surface area (TPSA) is 20.2 Å². The predicted octanol–water partition coefficient (Wildman–Crippen LogP) is 10.2. The highest BCUT2D eigenvalue weighted by molar-refractivity contribution is 6.08. The molecule has 1 unspecified atom stereocenters. The van der Waals surface area contributed by atoms with Gasteiger partial charge in [0.1, 0.15) is 6.17 Å². The minimum Gasteiger partial charge on any atom is -0.344 e. The second kappa shape index (κ2) is 11.8. The fourth-order valence-electron chi connectivity index (χ4n) is 6.14. The van der Waals surface area contributed by atoms with Gasteiger partial charge in [0.25, 0.3) is 0 Å². The van der Waals surface area contributed by atoms with Crippen molar-refractivity contribution in [3.05, 3.63) is 77.9 Å². The molecule has 1 N–H and O–H groups in total. The van der Waals surface area contributed by atoms with E-state index in [1.165, 1.54) is 51.5 Å². The van der Waals surface area contributed by atoms with Gasteiger partial charge >= 0.3 is 0 Å². The molecular weight excluding hydrogens is 462 g/mol. The number of hydrogen-bond acceptors (Lipinski definition) is 2. The third-order valence-corrected chi connectivity index (χ3v) is 8.11. The number of hydrogen-bond donors (Lipinski definition) is 1. The van der Waals surface area contributed by atoms with Crippen molar-refractivity contribution in [2.75, 3.05) is 10.3 Å². The Kier molecular flexibility index (Phi) is 8.75. The van der Waals surface area contributed by atoms with Crippen molar-refractivity contribution in [2.24, 2.45) is 0 Å². The zero-order valence-corrected chi connectivity index (χ0v) is 25.0. The van der Waals surface area contributed by atoms with Crippen LogP contribution in [0.5, 0.6) is 0 Å². The highest BCUT2D eigenvalue weighted by Crippen LogP contribution is 2.42.